The van der Waals surface area contributed by atoms with Crippen LogP contribution >= 0.6 is 0 Å². The zero-order valence-corrected chi connectivity index (χ0v) is 13.2. The van der Waals surface area contributed by atoms with Crippen LogP contribution in [-0.2, 0) is 0 Å². The summed E-state index contributed by atoms with van der Waals surface area (Å²) in [6.07, 6.45) is 9.54. The van der Waals surface area contributed by atoms with E-state index in [4.69, 9.17) is 10.2 Å². The van der Waals surface area contributed by atoms with Crippen molar-refractivity contribution in [2.24, 2.45) is 17.1 Å². The lowest BCUT2D eigenvalue weighted by Gasteiger charge is -2.40. The minimum Gasteiger partial charge on any atom is -0.472 e. The Labute approximate surface area is 123 Å². The van der Waals surface area contributed by atoms with Crippen molar-refractivity contribution in [3.8, 4) is 0 Å². The molecule has 20 heavy (non-hydrogen) atoms. The van der Waals surface area contributed by atoms with Gasteiger partial charge in [0.05, 0.1) is 12.5 Å². The van der Waals surface area contributed by atoms with Crippen LogP contribution in [0.25, 0.3) is 0 Å². The molecule has 0 radical (unpaired) electrons. The largest absolute Gasteiger partial charge is 0.472 e. The van der Waals surface area contributed by atoms with Gasteiger partial charge in [0.15, 0.2) is 0 Å². The minimum absolute atomic E-state index is 0.348. The SMILES string of the molecule is CCCNC(CC1CC(C)(C)CCC1N)c1ccoc1. The highest BCUT2D eigenvalue weighted by Gasteiger charge is 2.34. The number of hydrogen-bond donors (Lipinski definition) is 2. The number of nitrogens with two attached hydrogens (primary N) is 1. The monoisotopic (exact) mass is 278 g/mol. The van der Waals surface area contributed by atoms with Crippen molar-refractivity contribution >= 4 is 0 Å². The van der Waals surface area contributed by atoms with Gasteiger partial charge in [-0.3, -0.25) is 0 Å². The van der Waals surface area contributed by atoms with Crippen LogP contribution in [0.4, 0.5) is 0 Å². The van der Waals surface area contributed by atoms with Crippen molar-refractivity contribution < 1.29 is 4.42 Å². The van der Waals surface area contributed by atoms with E-state index in [0.717, 1.165) is 25.8 Å². The molecule has 3 N–H and O–H groups in total. The van der Waals surface area contributed by atoms with Crippen LogP contribution in [0.15, 0.2) is 23.0 Å². The average molecular weight is 278 g/mol. The van der Waals surface area contributed by atoms with E-state index in [2.05, 4.69) is 32.2 Å². The lowest BCUT2D eigenvalue weighted by Crippen LogP contribution is -2.41. The van der Waals surface area contributed by atoms with E-state index in [1.807, 2.05) is 6.26 Å². The molecule has 3 unspecified atom stereocenters. The maximum atomic E-state index is 6.38. The average Bonchev–Trinajstić information content (AvgIpc) is 2.92. The molecule has 114 valence electrons. The normalized spacial score (nSPS) is 27.4. The van der Waals surface area contributed by atoms with E-state index in [0.29, 0.717) is 23.4 Å². The van der Waals surface area contributed by atoms with E-state index < -0.39 is 0 Å². The Kier molecular flexibility index (Phi) is 5.28. The predicted octanol–water partition coefficient (Wildman–Crippen LogP) is 3.86. The summed E-state index contributed by atoms with van der Waals surface area (Å²) in [6.45, 7) is 7.99. The lowest BCUT2D eigenvalue weighted by molar-refractivity contribution is 0.141. The molecule has 1 aromatic rings. The number of nitrogens with one attached hydrogen (secondary N) is 1. The first-order valence-electron chi connectivity index (χ1n) is 8.03. The minimum atomic E-state index is 0.348. The lowest BCUT2D eigenvalue weighted by atomic mass is 9.68. The van der Waals surface area contributed by atoms with Gasteiger partial charge >= 0.3 is 0 Å². The van der Waals surface area contributed by atoms with Gasteiger partial charge in [-0.15, -0.1) is 0 Å². The van der Waals surface area contributed by atoms with Crippen LogP contribution in [0.1, 0.15) is 64.5 Å². The van der Waals surface area contributed by atoms with Crippen molar-refractivity contribution in [2.75, 3.05) is 6.54 Å². The summed E-state index contributed by atoms with van der Waals surface area (Å²) in [5, 5.41) is 3.65. The standard InChI is InChI=1S/C17H30N2O/c1-4-8-19-16(13-6-9-20-12-13)10-14-11-17(2,3)7-5-15(14)18/h6,9,12,14-16,19H,4-5,7-8,10-11,18H2,1-3H3. The molecule has 1 aliphatic carbocycles. The van der Waals surface area contributed by atoms with Gasteiger partial charge in [-0.1, -0.05) is 20.8 Å². The molecule has 0 spiro atoms. The number of rotatable bonds is 6. The van der Waals surface area contributed by atoms with Gasteiger partial charge in [0.1, 0.15) is 0 Å². The summed E-state index contributed by atoms with van der Waals surface area (Å²) in [6, 6.07) is 2.80. The quantitative estimate of drug-likeness (QED) is 0.830. The predicted molar refractivity (Wildman–Crippen MR) is 83.5 cm³/mol. The van der Waals surface area contributed by atoms with Crippen LogP contribution in [0.3, 0.4) is 0 Å². The zero-order valence-electron chi connectivity index (χ0n) is 13.2. The molecule has 0 amide bonds. The third kappa shape index (κ3) is 4.10. The molecule has 3 heteroatoms. The van der Waals surface area contributed by atoms with Gasteiger partial charge in [0, 0.05) is 17.6 Å². The molecule has 1 heterocycles. The maximum absolute atomic E-state index is 6.38. The van der Waals surface area contributed by atoms with Crippen LogP contribution < -0.4 is 11.1 Å². The first-order chi connectivity index (χ1) is 9.52. The second kappa shape index (κ2) is 6.77. The Morgan fingerprint density at radius 1 is 1.50 bits per heavy atom. The Morgan fingerprint density at radius 2 is 2.30 bits per heavy atom. The molecule has 0 bridgehead atoms. The van der Waals surface area contributed by atoms with Gasteiger partial charge in [0.25, 0.3) is 0 Å². The highest BCUT2D eigenvalue weighted by molar-refractivity contribution is 5.12. The molecule has 1 fully saturated rings. The van der Waals surface area contributed by atoms with E-state index in [9.17, 15) is 0 Å². The van der Waals surface area contributed by atoms with E-state index in [1.54, 1.807) is 6.26 Å². The van der Waals surface area contributed by atoms with Crippen molar-refractivity contribution in [2.45, 2.75) is 65.0 Å². The summed E-state index contributed by atoms with van der Waals surface area (Å²) < 4.78 is 5.26. The molecule has 2 rings (SSSR count). The van der Waals surface area contributed by atoms with Gasteiger partial charge in [-0.05, 0) is 56.0 Å². The van der Waals surface area contributed by atoms with Gasteiger partial charge in [-0.25, -0.2) is 0 Å². The summed E-state index contributed by atoms with van der Waals surface area (Å²) in [5.74, 6) is 0.600. The molecule has 0 aliphatic heterocycles. The van der Waals surface area contributed by atoms with Gasteiger partial charge in [-0.2, -0.15) is 0 Å². The highest BCUT2D eigenvalue weighted by atomic mass is 16.3. The van der Waals surface area contributed by atoms with E-state index >= 15 is 0 Å². The molecule has 1 saturated carbocycles. The number of hydrogen-bond acceptors (Lipinski definition) is 3. The van der Waals surface area contributed by atoms with Crippen LogP contribution in [0.2, 0.25) is 0 Å². The first-order valence-corrected chi connectivity index (χ1v) is 8.03. The van der Waals surface area contributed by atoms with Crippen molar-refractivity contribution in [1.29, 1.82) is 0 Å². The summed E-state index contributed by atoms with van der Waals surface area (Å²) >= 11 is 0. The Morgan fingerprint density at radius 3 is 2.95 bits per heavy atom. The summed E-state index contributed by atoms with van der Waals surface area (Å²) in [5.41, 5.74) is 8.07. The van der Waals surface area contributed by atoms with Crippen molar-refractivity contribution in [3.05, 3.63) is 24.2 Å². The van der Waals surface area contributed by atoms with E-state index in [1.165, 1.54) is 18.4 Å². The van der Waals surface area contributed by atoms with Crippen molar-refractivity contribution in [1.82, 2.24) is 5.32 Å². The Hall–Kier alpha value is -0.800. The van der Waals surface area contributed by atoms with Gasteiger partial charge in [0.2, 0.25) is 0 Å². The highest BCUT2D eigenvalue weighted by Crippen LogP contribution is 2.41. The molecular weight excluding hydrogens is 248 g/mol. The molecule has 1 aliphatic rings. The number of furan rings is 1. The van der Waals surface area contributed by atoms with E-state index in [-0.39, 0.29) is 0 Å². The molecule has 3 nitrogen and oxygen atoms in total. The maximum Gasteiger partial charge on any atom is 0.0950 e. The van der Waals surface area contributed by atoms with Crippen molar-refractivity contribution in [3.63, 3.8) is 0 Å². The fourth-order valence-electron chi connectivity index (χ4n) is 3.45. The van der Waals surface area contributed by atoms with Crippen LogP contribution in [0.5, 0.6) is 0 Å². The summed E-state index contributed by atoms with van der Waals surface area (Å²) in [4.78, 5) is 0. The van der Waals surface area contributed by atoms with Gasteiger partial charge < -0.3 is 15.5 Å². The zero-order chi connectivity index (χ0) is 14.6. The third-order valence-corrected chi connectivity index (χ3v) is 4.70. The third-order valence-electron chi connectivity index (χ3n) is 4.70. The molecule has 3 atom stereocenters. The molecular formula is C17H30N2O. The summed E-state index contributed by atoms with van der Waals surface area (Å²) in [7, 11) is 0. The second-order valence-corrected chi connectivity index (χ2v) is 7.13. The topological polar surface area (TPSA) is 51.2 Å². The fourth-order valence-corrected chi connectivity index (χ4v) is 3.45. The second-order valence-electron chi connectivity index (χ2n) is 7.13. The Balaban J connectivity index is 2.02. The first kappa shape index (κ1) is 15.6. The Bertz CT molecular complexity index is 386. The smallest absolute Gasteiger partial charge is 0.0950 e. The molecule has 0 aromatic carbocycles. The molecule has 1 aromatic heterocycles. The van der Waals surface area contributed by atoms with Crippen LogP contribution in [0, 0.1) is 11.3 Å². The fraction of sp³-hybridized carbons (Fsp3) is 0.765. The van der Waals surface area contributed by atoms with Crippen LogP contribution in [-0.4, -0.2) is 12.6 Å². The molecule has 0 saturated heterocycles.